The molecule has 126 valence electrons. The van der Waals surface area contributed by atoms with Crippen LogP contribution in [0.15, 0.2) is 46.4 Å². The largest absolute Gasteiger partial charge is 0.493 e. The van der Waals surface area contributed by atoms with Crippen LogP contribution in [-0.2, 0) is 6.54 Å². The van der Waals surface area contributed by atoms with E-state index in [4.69, 9.17) is 9.47 Å². The fourth-order valence-corrected chi connectivity index (χ4v) is 2.19. The van der Waals surface area contributed by atoms with Gasteiger partial charge < -0.3 is 14.0 Å². The Morgan fingerprint density at radius 2 is 2.04 bits per heavy atom. The van der Waals surface area contributed by atoms with Gasteiger partial charge in [0.05, 0.1) is 20.4 Å². The van der Waals surface area contributed by atoms with Crippen LogP contribution < -0.4 is 20.5 Å². The van der Waals surface area contributed by atoms with Gasteiger partial charge in [-0.05, 0) is 31.2 Å². The third kappa shape index (κ3) is 3.62. The molecule has 0 aliphatic carbocycles. The number of aromatic nitrogens is 1. The summed E-state index contributed by atoms with van der Waals surface area (Å²) in [5.74, 6) is 0.494. The number of benzene rings is 1. The molecule has 1 N–H and O–H groups in total. The molecule has 0 radical (unpaired) electrons. The zero-order valence-electron chi connectivity index (χ0n) is 13.8. The summed E-state index contributed by atoms with van der Waals surface area (Å²) in [5, 5.41) is 3.89. The molecule has 0 fully saturated rings. The molecule has 0 aliphatic heterocycles. The minimum atomic E-state index is -0.569. The van der Waals surface area contributed by atoms with Crippen LogP contribution in [0, 0.1) is 0 Å². The van der Waals surface area contributed by atoms with Gasteiger partial charge in [0.25, 0.3) is 11.5 Å². The number of hydrazone groups is 1. The Hall–Kier alpha value is -3.09. The second kappa shape index (κ2) is 7.96. The molecule has 0 spiro atoms. The molecule has 1 heterocycles. The number of nitrogens with one attached hydrogen (secondary N) is 1. The van der Waals surface area contributed by atoms with Gasteiger partial charge in [-0.15, -0.1) is 0 Å². The predicted octanol–water partition coefficient (Wildman–Crippen LogP) is 1.65. The molecule has 0 saturated heterocycles. The third-order valence-corrected chi connectivity index (χ3v) is 3.41. The second-order valence-corrected chi connectivity index (χ2v) is 4.79. The smallest absolute Gasteiger partial charge is 0.276 e. The lowest BCUT2D eigenvalue weighted by atomic mass is 10.2. The molecular formula is C17H19N3O4. The molecule has 0 bridgehead atoms. The predicted molar refractivity (Wildman–Crippen MR) is 91.0 cm³/mol. The number of para-hydroxylation sites is 1. The van der Waals surface area contributed by atoms with Crippen LogP contribution in [0.25, 0.3) is 0 Å². The standard InChI is InChI=1S/C17H19N3O4/c1-4-20-10-6-8-13(17(20)22)16(21)19-18-11-12-7-5-9-14(23-2)15(12)24-3/h5-11H,4H2,1-3H3,(H,19,21)/b18-11-. The monoisotopic (exact) mass is 329 g/mol. The zero-order chi connectivity index (χ0) is 17.5. The van der Waals surface area contributed by atoms with Crippen molar-refractivity contribution in [2.75, 3.05) is 14.2 Å². The normalized spacial score (nSPS) is 10.6. The van der Waals surface area contributed by atoms with Crippen molar-refractivity contribution >= 4 is 12.1 Å². The number of hydrogen-bond acceptors (Lipinski definition) is 5. The first-order chi connectivity index (χ1) is 11.6. The Kier molecular flexibility index (Phi) is 5.73. The van der Waals surface area contributed by atoms with Crippen molar-refractivity contribution in [2.24, 2.45) is 5.10 Å². The quantitative estimate of drug-likeness (QED) is 0.645. The highest BCUT2D eigenvalue weighted by molar-refractivity contribution is 5.94. The SMILES string of the molecule is CCn1cccc(C(=O)N/N=C\c2cccc(OC)c2OC)c1=O. The summed E-state index contributed by atoms with van der Waals surface area (Å²) in [5.41, 5.74) is 2.67. The molecule has 0 unspecified atom stereocenters. The van der Waals surface area contributed by atoms with E-state index in [0.29, 0.717) is 23.6 Å². The van der Waals surface area contributed by atoms with E-state index >= 15 is 0 Å². The van der Waals surface area contributed by atoms with Crippen molar-refractivity contribution in [3.8, 4) is 11.5 Å². The van der Waals surface area contributed by atoms with Crippen LogP contribution >= 0.6 is 0 Å². The number of pyridine rings is 1. The number of ether oxygens (including phenoxy) is 2. The molecule has 0 aliphatic rings. The number of methoxy groups -OCH3 is 2. The molecule has 2 rings (SSSR count). The molecule has 1 aromatic carbocycles. The van der Waals surface area contributed by atoms with Gasteiger partial charge in [-0.3, -0.25) is 9.59 Å². The Morgan fingerprint density at radius 1 is 1.25 bits per heavy atom. The Bertz CT molecular complexity index is 812. The van der Waals surface area contributed by atoms with Crippen molar-refractivity contribution in [3.05, 3.63) is 58.0 Å². The minimum absolute atomic E-state index is 0.0362. The van der Waals surface area contributed by atoms with Crippen LogP contribution in [-0.4, -0.2) is 30.9 Å². The number of carbonyl (C=O) groups excluding carboxylic acids is 1. The van der Waals surface area contributed by atoms with E-state index in [1.165, 1.54) is 31.1 Å². The van der Waals surface area contributed by atoms with Crippen LogP contribution in [0.1, 0.15) is 22.8 Å². The van der Waals surface area contributed by atoms with Gasteiger partial charge in [-0.1, -0.05) is 6.07 Å². The second-order valence-electron chi connectivity index (χ2n) is 4.79. The summed E-state index contributed by atoms with van der Waals surface area (Å²) >= 11 is 0. The molecule has 2 aromatic rings. The van der Waals surface area contributed by atoms with E-state index in [1.807, 2.05) is 6.92 Å². The van der Waals surface area contributed by atoms with Crippen molar-refractivity contribution < 1.29 is 14.3 Å². The third-order valence-electron chi connectivity index (χ3n) is 3.41. The molecule has 0 saturated carbocycles. The van der Waals surface area contributed by atoms with E-state index in [0.717, 1.165) is 0 Å². The molecule has 24 heavy (non-hydrogen) atoms. The highest BCUT2D eigenvalue weighted by Crippen LogP contribution is 2.29. The number of aryl methyl sites for hydroxylation is 1. The van der Waals surface area contributed by atoms with Crippen molar-refractivity contribution in [1.29, 1.82) is 0 Å². The average molecular weight is 329 g/mol. The first kappa shape index (κ1) is 17.3. The summed E-state index contributed by atoms with van der Waals surface area (Å²) in [6.45, 7) is 2.32. The Balaban J connectivity index is 2.18. The lowest BCUT2D eigenvalue weighted by Crippen LogP contribution is -2.30. The van der Waals surface area contributed by atoms with Crippen LogP contribution in [0.2, 0.25) is 0 Å². The summed E-state index contributed by atoms with van der Waals surface area (Å²) < 4.78 is 11.9. The van der Waals surface area contributed by atoms with Gasteiger partial charge in [0.1, 0.15) is 5.56 Å². The first-order valence-electron chi connectivity index (χ1n) is 7.36. The van der Waals surface area contributed by atoms with Crippen LogP contribution in [0.4, 0.5) is 0 Å². The number of nitrogens with zero attached hydrogens (tertiary/aromatic N) is 2. The summed E-state index contributed by atoms with van der Waals surface area (Å²) in [4.78, 5) is 24.2. The van der Waals surface area contributed by atoms with E-state index in [1.54, 1.807) is 30.5 Å². The molecule has 1 aromatic heterocycles. The molecule has 7 heteroatoms. The maximum absolute atomic E-state index is 12.1. The maximum Gasteiger partial charge on any atom is 0.276 e. The van der Waals surface area contributed by atoms with Crippen LogP contribution in [0.3, 0.4) is 0 Å². The highest BCUT2D eigenvalue weighted by atomic mass is 16.5. The van der Waals surface area contributed by atoms with Gasteiger partial charge in [-0.25, -0.2) is 5.43 Å². The lowest BCUT2D eigenvalue weighted by Gasteiger charge is -2.09. The molecule has 0 atom stereocenters. The van der Waals surface area contributed by atoms with Gasteiger partial charge in [0.2, 0.25) is 0 Å². The van der Waals surface area contributed by atoms with Crippen molar-refractivity contribution in [3.63, 3.8) is 0 Å². The average Bonchev–Trinajstić information content (AvgIpc) is 2.61. The number of carbonyl (C=O) groups is 1. The lowest BCUT2D eigenvalue weighted by molar-refractivity contribution is 0.0953. The van der Waals surface area contributed by atoms with E-state index < -0.39 is 5.91 Å². The Labute approximate surface area is 139 Å². The summed E-state index contributed by atoms with van der Waals surface area (Å²) in [6.07, 6.45) is 3.06. The number of rotatable bonds is 6. The fraction of sp³-hybridized carbons (Fsp3) is 0.235. The Morgan fingerprint density at radius 3 is 2.71 bits per heavy atom. The first-order valence-corrected chi connectivity index (χ1v) is 7.36. The number of hydrogen-bond donors (Lipinski definition) is 1. The van der Waals surface area contributed by atoms with Crippen molar-refractivity contribution in [2.45, 2.75) is 13.5 Å². The summed E-state index contributed by atoms with van der Waals surface area (Å²) in [7, 11) is 3.06. The zero-order valence-corrected chi connectivity index (χ0v) is 13.8. The fourth-order valence-electron chi connectivity index (χ4n) is 2.19. The molecule has 7 nitrogen and oxygen atoms in total. The number of amides is 1. The molecule has 1 amide bonds. The summed E-state index contributed by atoms with van der Waals surface area (Å²) in [6, 6.07) is 8.41. The maximum atomic E-state index is 12.1. The van der Waals surface area contributed by atoms with E-state index in [2.05, 4.69) is 10.5 Å². The highest BCUT2D eigenvalue weighted by Gasteiger charge is 2.11. The minimum Gasteiger partial charge on any atom is -0.493 e. The van der Waals surface area contributed by atoms with Gasteiger partial charge in [0.15, 0.2) is 11.5 Å². The van der Waals surface area contributed by atoms with E-state index in [9.17, 15) is 9.59 Å². The van der Waals surface area contributed by atoms with E-state index in [-0.39, 0.29) is 11.1 Å². The van der Waals surface area contributed by atoms with Crippen LogP contribution in [0.5, 0.6) is 11.5 Å². The van der Waals surface area contributed by atoms with Gasteiger partial charge >= 0.3 is 0 Å². The van der Waals surface area contributed by atoms with Gasteiger partial charge in [-0.2, -0.15) is 5.10 Å². The van der Waals surface area contributed by atoms with Crippen molar-refractivity contribution in [1.82, 2.24) is 9.99 Å². The topological polar surface area (TPSA) is 81.9 Å². The van der Waals surface area contributed by atoms with Gasteiger partial charge in [0, 0.05) is 18.3 Å². The molecular weight excluding hydrogens is 310 g/mol.